The summed E-state index contributed by atoms with van der Waals surface area (Å²) in [5.74, 6) is 1.21. The van der Waals surface area contributed by atoms with Crippen molar-refractivity contribution in [3.8, 4) is 11.4 Å². The van der Waals surface area contributed by atoms with E-state index in [1.165, 1.54) is 11.8 Å². The molecule has 1 aliphatic heterocycles. The molecule has 0 spiro atoms. The van der Waals surface area contributed by atoms with Crippen LogP contribution in [-0.2, 0) is 17.8 Å². The molecule has 2 aromatic heterocycles. The van der Waals surface area contributed by atoms with Crippen molar-refractivity contribution >= 4 is 29.1 Å². The first-order valence-corrected chi connectivity index (χ1v) is 12.0. The minimum atomic E-state index is 0.107. The summed E-state index contributed by atoms with van der Waals surface area (Å²) in [6.07, 6.45) is 2.44. The fourth-order valence-corrected chi connectivity index (χ4v) is 5.07. The van der Waals surface area contributed by atoms with Crippen LogP contribution in [0.4, 0.5) is 0 Å². The highest BCUT2D eigenvalue weighted by Gasteiger charge is 2.22. The number of halogens is 1. The van der Waals surface area contributed by atoms with Crippen LogP contribution in [0.5, 0.6) is 0 Å². The molecule has 0 radical (unpaired) electrons. The first-order chi connectivity index (χ1) is 15.0. The molecule has 6 nitrogen and oxygen atoms in total. The molecule has 0 aliphatic carbocycles. The van der Waals surface area contributed by atoms with Gasteiger partial charge in [0.15, 0.2) is 16.8 Å². The number of carbonyl (C=O) groups excluding carboxylic acids is 1. The smallest absolute Gasteiger partial charge is 0.191 e. The van der Waals surface area contributed by atoms with E-state index in [-0.39, 0.29) is 11.9 Å². The van der Waals surface area contributed by atoms with Crippen molar-refractivity contribution in [2.45, 2.75) is 58.0 Å². The second-order valence-corrected chi connectivity index (χ2v) is 9.18. The van der Waals surface area contributed by atoms with Gasteiger partial charge < -0.3 is 13.9 Å². The van der Waals surface area contributed by atoms with Gasteiger partial charge in [-0.25, -0.2) is 0 Å². The Morgan fingerprint density at radius 1 is 1.23 bits per heavy atom. The van der Waals surface area contributed by atoms with Crippen molar-refractivity contribution in [1.82, 2.24) is 19.3 Å². The zero-order chi connectivity index (χ0) is 22.0. The minimum absolute atomic E-state index is 0.107. The van der Waals surface area contributed by atoms with Crippen LogP contribution in [0.25, 0.3) is 11.4 Å². The van der Waals surface area contributed by atoms with Crippen LogP contribution in [0.2, 0.25) is 5.02 Å². The van der Waals surface area contributed by atoms with Crippen molar-refractivity contribution < 1.29 is 9.53 Å². The molecule has 3 aromatic rings. The van der Waals surface area contributed by atoms with Gasteiger partial charge in [-0.1, -0.05) is 23.4 Å². The molecule has 1 fully saturated rings. The number of hydrogen-bond donors (Lipinski definition) is 0. The molecule has 1 saturated heterocycles. The normalized spacial score (nSPS) is 16.2. The van der Waals surface area contributed by atoms with Crippen LogP contribution in [0, 0.1) is 13.8 Å². The van der Waals surface area contributed by atoms with E-state index in [2.05, 4.69) is 21.7 Å². The summed E-state index contributed by atoms with van der Waals surface area (Å²) in [5.41, 5.74) is 3.85. The van der Waals surface area contributed by atoms with E-state index in [0.29, 0.717) is 10.8 Å². The van der Waals surface area contributed by atoms with E-state index in [4.69, 9.17) is 16.3 Å². The summed E-state index contributed by atoms with van der Waals surface area (Å²) >= 11 is 7.43. The first kappa shape index (κ1) is 22.1. The second kappa shape index (κ2) is 9.59. The van der Waals surface area contributed by atoms with E-state index >= 15 is 0 Å². The average Bonchev–Trinajstić information content (AvgIpc) is 3.49. The van der Waals surface area contributed by atoms with Gasteiger partial charge in [0.05, 0.1) is 11.9 Å². The maximum atomic E-state index is 13.0. The van der Waals surface area contributed by atoms with Crippen LogP contribution < -0.4 is 0 Å². The minimum Gasteiger partial charge on any atom is -0.376 e. The Morgan fingerprint density at radius 2 is 2.00 bits per heavy atom. The maximum Gasteiger partial charge on any atom is 0.191 e. The topological polar surface area (TPSA) is 61.9 Å². The Kier molecular flexibility index (Phi) is 6.84. The van der Waals surface area contributed by atoms with Crippen molar-refractivity contribution in [1.29, 1.82) is 0 Å². The van der Waals surface area contributed by atoms with E-state index in [1.807, 2.05) is 48.7 Å². The van der Waals surface area contributed by atoms with Gasteiger partial charge in [-0.05, 0) is 63.9 Å². The monoisotopic (exact) mass is 458 g/mol. The van der Waals surface area contributed by atoms with Crippen LogP contribution in [-0.4, -0.2) is 43.6 Å². The third-order valence-corrected chi connectivity index (χ3v) is 6.97. The van der Waals surface area contributed by atoms with Gasteiger partial charge >= 0.3 is 0 Å². The van der Waals surface area contributed by atoms with Gasteiger partial charge in [0.25, 0.3) is 0 Å². The van der Waals surface area contributed by atoms with Crippen molar-refractivity contribution in [2.24, 2.45) is 0 Å². The molecule has 31 heavy (non-hydrogen) atoms. The molecule has 0 bridgehead atoms. The number of Topliss-reactive ketones (excluding diaryl/α,β-unsaturated/α-hetero) is 1. The number of ketones is 1. The molecule has 1 atom stereocenters. The van der Waals surface area contributed by atoms with Gasteiger partial charge in [-0.3, -0.25) is 4.79 Å². The zero-order valence-electron chi connectivity index (χ0n) is 18.1. The Morgan fingerprint density at radius 3 is 2.68 bits per heavy atom. The van der Waals surface area contributed by atoms with Gasteiger partial charge in [0.1, 0.15) is 0 Å². The van der Waals surface area contributed by atoms with Crippen molar-refractivity contribution in [2.75, 3.05) is 12.4 Å². The summed E-state index contributed by atoms with van der Waals surface area (Å²) in [4.78, 5) is 13.0. The fraction of sp³-hybridized carbons (Fsp3) is 0.435. The van der Waals surface area contributed by atoms with E-state index < -0.39 is 0 Å². The lowest BCUT2D eigenvalue weighted by molar-refractivity contribution is 0.0957. The first-order valence-electron chi connectivity index (χ1n) is 10.6. The van der Waals surface area contributed by atoms with Gasteiger partial charge in [-0.15, -0.1) is 10.2 Å². The summed E-state index contributed by atoms with van der Waals surface area (Å²) in [7, 11) is 0. The largest absolute Gasteiger partial charge is 0.376 e. The number of benzene rings is 1. The Hall–Kier alpha value is -2.09. The SMILES string of the molecule is CCn1c(SCC(=O)c2cc(C)n(C[C@@H]3CCCO3)c2C)nnc1-c1ccc(Cl)cc1. The molecular weight excluding hydrogens is 432 g/mol. The van der Waals surface area contributed by atoms with Crippen LogP contribution >= 0.6 is 23.4 Å². The number of aromatic nitrogens is 4. The zero-order valence-corrected chi connectivity index (χ0v) is 19.7. The lowest BCUT2D eigenvalue weighted by Crippen LogP contribution is -2.17. The molecule has 0 unspecified atom stereocenters. The van der Waals surface area contributed by atoms with E-state index in [9.17, 15) is 4.79 Å². The third-order valence-electron chi connectivity index (χ3n) is 5.75. The molecular formula is C23H27ClN4O2S. The third kappa shape index (κ3) is 4.73. The van der Waals surface area contributed by atoms with Crippen molar-refractivity contribution in [3.63, 3.8) is 0 Å². The summed E-state index contributed by atoms with van der Waals surface area (Å²) in [6, 6.07) is 9.54. The number of aryl methyl sites for hydroxylation is 1. The number of ether oxygens (including phenoxy) is 1. The molecule has 1 aliphatic rings. The quantitative estimate of drug-likeness (QED) is 0.343. The molecule has 3 heterocycles. The molecule has 8 heteroatoms. The number of hydrogen-bond acceptors (Lipinski definition) is 5. The number of nitrogens with zero attached hydrogens (tertiary/aromatic N) is 4. The molecule has 164 valence electrons. The van der Waals surface area contributed by atoms with Crippen LogP contribution in [0.3, 0.4) is 0 Å². The fourth-order valence-electron chi connectivity index (χ4n) is 4.06. The Labute approximate surface area is 192 Å². The summed E-state index contributed by atoms with van der Waals surface area (Å²) in [6.45, 7) is 8.49. The second-order valence-electron chi connectivity index (χ2n) is 7.80. The Bertz CT molecular complexity index is 1070. The Balaban J connectivity index is 1.47. The number of thioether (sulfide) groups is 1. The van der Waals surface area contributed by atoms with E-state index in [0.717, 1.165) is 66.0 Å². The van der Waals surface area contributed by atoms with E-state index in [1.54, 1.807) is 0 Å². The van der Waals surface area contributed by atoms with Gasteiger partial charge in [-0.2, -0.15) is 0 Å². The maximum absolute atomic E-state index is 13.0. The molecule has 4 rings (SSSR count). The number of rotatable bonds is 8. The number of carbonyl (C=O) groups is 1. The average molecular weight is 459 g/mol. The molecule has 1 aromatic carbocycles. The molecule has 0 amide bonds. The predicted octanol–water partition coefficient (Wildman–Crippen LogP) is 5.19. The van der Waals surface area contributed by atoms with Crippen LogP contribution in [0.15, 0.2) is 35.5 Å². The van der Waals surface area contributed by atoms with Gasteiger partial charge in [0, 0.05) is 47.2 Å². The predicted molar refractivity (Wildman–Crippen MR) is 124 cm³/mol. The summed E-state index contributed by atoms with van der Waals surface area (Å²) in [5, 5.41) is 10.1. The summed E-state index contributed by atoms with van der Waals surface area (Å²) < 4.78 is 10.0. The van der Waals surface area contributed by atoms with Crippen molar-refractivity contribution in [3.05, 3.63) is 52.3 Å². The highest BCUT2D eigenvalue weighted by molar-refractivity contribution is 7.99. The van der Waals surface area contributed by atoms with Crippen LogP contribution in [0.1, 0.15) is 41.5 Å². The molecule has 0 saturated carbocycles. The lowest BCUT2D eigenvalue weighted by atomic mass is 10.2. The highest BCUT2D eigenvalue weighted by Crippen LogP contribution is 2.27. The lowest BCUT2D eigenvalue weighted by Gasteiger charge is -2.14. The standard InChI is InChI=1S/C23H27ClN4O2S/c1-4-27-22(17-7-9-18(24)10-8-17)25-26-23(27)31-14-21(29)20-12-15(2)28(16(20)3)13-19-6-5-11-30-19/h7-10,12,19H,4-6,11,13-14H2,1-3H3/t19-/m0/s1. The molecule has 0 N–H and O–H groups in total. The van der Waals surface area contributed by atoms with Gasteiger partial charge in [0.2, 0.25) is 0 Å². The highest BCUT2D eigenvalue weighted by atomic mass is 35.5.